The van der Waals surface area contributed by atoms with Gasteiger partial charge in [0.05, 0.1) is 5.60 Å². The Hall–Kier alpha value is -0.710. The zero-order valence-electron chi connectivity index (χ0n) is 15.6. The topological polar surface area (TPSA) is 23.5 Å². The van der Waals surface area contributed by atoms with E-state index in [9.17, 15) is 5.11 Å². The molecule has 0 aliphatic rings. The summed E-state index contributed by atoms with van der Waals surface area (Å²) in [5.74, 6) is 0.801. The summed E-state index contributed by atoms with van der Waals surface area (Å²) < 4.78 is 0. The summed E-state index contributed by atoms with van der Waals surface area (Å²) in [5.41, 5.74) is 1.50. The fourth-order valence-electron chi connectivity index (χ4n) is 2.93. The molecule has 1 atom stereocenters. The third kappa shape index (κ3) is 6.79. The van der Waals surface area contributed by atoms with Gasteiger partial charge in [-0.1, -0.05) is 55.2 Å². The van der Waals surface area contributed by atoms with Gasteiger partial charge in [0, 0.05) is 33.7 Å². The van der Waals surface area contributed by atoms with Gasteiger partial charge in [0.1, 0.15) is 0 Å². The van der Waals surface area contributed by atoms with Gasteiger partial charge >= 0.3 is 0 Å². The summed E-state index contributed by atoms with van der Waals surface area (Å²) in [6.07, 6.45) is 0.650. The molecule has 26 heavy (non-hydrogen) atoms. The highest BCUT2D eigenvalue weighted by Crippen LogP contribution is 2.29. The Balaban J connectivity index is 1.93. The van der Waals surface area contributed by atoms with Gasteiger partial charge in [-0.3, -0.25) is 0 Å². The van der Waals surface area contributed by atoms with Crippen LogP contribution in [0.25, 0.3) is 0 Å². The second-order valence-corrected chi connectivity index (χ2v) is 8.70. The van der Waals surface area contributed by atoms with Crippen molar-refractivity contribution in [1.29, 1.82) is 0 Å². The van der Waals surface area contributed by atoms with Crippen LogP contribution in [0.1, 0.15) is 31.9 Å². The van der Waals surface area contributed by atoms with E-state index in [4.69, 9.17) is 23.2 Å². The molecule has 0 spiro atoms. The Morgan fingerprint density at radius 2 is 1.69 bits per heavy atom. The van der Waals surface area contributed by atoms with Gasteiger partial charge in [0.2, 0.25) is 0 Å². The average Bonchev–Trinajstić information content (AvgIpc) is 2.60. The molecular formula is C21H27Cl2NOS. The first-order valence-electron chi connectivity index (χ1n) is 8.93. The second kappa shape index (κ2) is 10.0. The van der Waals surface area contributed by atoms with Crippen molar-refractivity contribution in [2.45, 2.75) is 43.4 Å². The number of nitrogens with zero attached hydrogens (tertiary/aromatic N) is 1. The molecule has 0 radical (unpaired) electrons. The maximum absolute atomic E-state index is 10.7. The summed E-state index contributed by atoms with van der Waals surface area (Å²) in [6.45, 7) is 8.75. The maximum Gasteiger partial charge on any atom is 0.0786 e. The van der Waals surface area contributed by atoms with Crippen molar-refractivity contribution in [3.8, 4) is 0 Å². The van der Waals surface area contributed by atoms with Gasteiger partial charge in [-0.15, -0.1) is 11.8 Å². The Morgan fingerprint density at radius 1 is 1.04 bits per heavy atom. The highest BCUT2D eigenvalue weighted by atomic mass is 35.5. The lowest BCUT2D eigenvalue weighted by Gasteiger charge is -2.30. The molecule has 2 rings (SSSR count). The van der Waals surface area contributed by atoms with Crippen molar-refractivity contribution in [2.24, 2.45) is 0 Å². The van der Waals surface area contributed by atoms with Crippen LogP contribution in [0.4, 0.5) is 0 Å². The summed E-state index contributed by atoms with van der Waals surface area (Å²) in [7, 11) is 0. The smallest absolute Gasteiger partial charge is 0.0786 e. The lowest BCUT2D eigenvalue weighted by atomic mass is 9.96. The zero-order chi connectivity index (χ0) is 19.2. The molecule has 0 bridgehead atoms. The first-order chi connectivity index (χ1) is 12.3. The minimum atomic E-state index is -0.725. The molecule has 2 aromatic carbocycles. The number of rotatable bonds is 9. The van der Waals surface area contributed by atoms with Crippen molar-refractivity contribution >= 4 is 35.0 Å². The normalized spacial score (nSPS) is 13.8. The molecule has 0 saturated carbocycles. The molecule has 0 aliphatic heterocycles. The third-order valence-corrected chi connectivity index (χ3v) is 6.02. The van der Waals surface area contributed by atoms with Crippen LogP contribution >= 0.6 is 35.0 Å². The fraction of sp³-hybridized carbons (Fsp3) is 0.429. The number of likely N-dealkylation sites (N-methyl/N-ethyl adjacent to an activating group) is 1. The van der Waals surface area contributed by atoms with E-state index in [1.165, 1.54) is 4.90 Å². The van der Waals surface area contributed by atoms with E-state index in [1.807, 2.05) is 19.1 Å². The van der Waals surface area contributed by atoms with Gasteiger partial charge in [-0.2, -0.15) is 0 Å². The molecule has 0 amide bonds. The first-order valence-corrected chi connectivity index (χ1v) is 10.7. The first kappa shape index (κ1) is 21.6. The lowest BCUT2D eigenvalue weighted by molar-refractivity contribution is 0.0229. The van der Waals surface area contributed by atoms with Gasteiger partial charge in [0.25, 0.3) is 0 Å². The van der Waals surface area contributed by atoms with Gasteiger partial charge in [-0.05, 0) is 55.4 Å². The van der Waals surface area contributed by atoms with E-state index in [0.29, 0.717) is 23.0 Å². The van der Waals surface area contributed by atoms with E-state index >= 15 is 0 Å². The fourth-order valence-corrected chi connectivity index (χ4v) is 4.38. The third-order valence-electron chi connectivity index (χ3n) is 4.38. The second-order valence-electron chi connectivity index (χ2n) is 6.80. The number of benzene rings is 2. The Kier molecular flexibility index (Phi) is 8.31. The van der Waals surface area contributed by atoms with E-state index in [2.05, 4.69) is 43.0 Å². The number of hydrogen-bond donors (Lipinski definition) is 1. The van der Waals surface area contributed by atoms with Crippen LogP contribution in [-0.2, 0) is 12.2 Å². The molecular weight excluding hydrogens is 385 g/mol. The predicted octanol–water partition coefficient (Wildman–Crippen LogP) is 5.92. The van der Waals surface area contributed by atoms with Crippen molar-refractivity contribution in [1.82, 2.24) is 4.90 Å². The zero-order valence-corrected chi connectivity index (χ0v) is 18.0. The average molecular weight is 412 g/mol. The molecule has 2 nitrogen and oxygen atoms in total. The molecule has 0 fully saturated rings. The quantitative estimate of drug-likeness (QED) is 0.517. The molecule has 0 aliphatic carbocycles. The largest absolute Gasteiger partial charge is 0.388 e. The molecule has 0 aromatic heterocycles. The molecule has 142 valence electrons. The Morgan fingerprint density at radius 3 is 2.27 bits per heavy atom. The van der Waals surface area contributed by atoms with Crippen molar-refractivity contribution in [3.05, 3.63) is 63.6 Å². The standard InChI is InChI=1S/C21H27Cl2NOS/c1-4-24(5-2)15-21(3,25)13-16-6-10-19(11-7-16)26-14-17-8-9-18(22)12-20(17)23/h6-12,25H,4-5,13-15H2,1-3H3. The van der Waals surface area contributed by atoms with Crippen LogP contribution in [0.5, 0.6) is 0 Å². The number of thioether (sulfide) groups is 1. The van der Waals surface area contributed by atoms with Crippen molar-refractivity contribution in [3.63, 3.8) is 0 Å². The van der Waals surface area contributed by atoms with E-state index < -0.39 is 5.60 Å². The van der Waals surface area contributed by atoms with Crippen LogP contribution < -0.4 is 0 Å². The minimum absolute atomic E-state index is 0.650. The van der Waals surface area contributed by atoms with Crippen LogP contribution in [0.2, 0.25) is 10.0 Å². The van der Waals surface area contributed by atoms with Gasteiger partial charge in [0.15, 0.2) is 0 Å². The van der Waals surface area contributed by atoms with E-state index in [1.54, 1.807) is 17.8 Å². The van der Waals surface area contributed by atoms with Gasteiger partial charge in [-0.25, -0.2) is 0 Å². The van der Waals surface area contributed by atoms with Gasteiger partial charge < -0.3 is 10.0 Å². The Bertz CT molecular complexity index is 700. The highest BCUT2D eigenvalue weighted by molar-refractivity contribution is 7.98. The van der Waals surface area contributed by atoms with Crippen LogP contribution in [-0.4, -0.2) is 35.2 Å². The van der Waals surface area contributed by atoms with Crippen LogP contribution in [0.3, 0.4) is 0 Å². The molecule has 1 N–H and O–H groups in total. The van der Waals surface area contributed by atoms with E-state index in [-0.39, 0.29) is 0 Å². The van der Waals surface area contributed by atoms with Crippen LogP contribution in [0.15, 0.2) is 47.4 Å². The monoisotopic (exact) mass is 411 g/mol. The van der Waals surface area contributed by atoms with E-state index in [0.717, 1.165) is 30.0 Å². The van der Waals surface area contributed by atoms with Crippen molar-refractivity contribution < 1.29 is 5.11 Å². The predicted molar refractivity (Wildman–Crippen MR) is 115 cm³/mol. The lowest BCUT2D eigenvalue weighted by Crippen LogP contribution is -2.42. The number of halogens is 2. The maximum atomic E-state index is 10.7. The molecule has 0 heterocycles. The molecule has 5 heteroatoms. The highest BCUT2D eigenvalue weighted by Gasteiger charge is 2.23. The summed E-state index contributed by atoms with van der Waals surface area (Å²) in [6, 6.07) is 14.0. The summed E-state index contributed by atoms with van der Waals surface area (Å²) in [4.78, 5) is 3.43. The summed E-state index contributed by atoms with van der Waals surface area (Å²) >= 11 is 13.9. The molecule has 1 unspecified atom stereocenters. The minimum Gasteiger partial charge on any atom is -0.388 e. The molecule has 0 saturated heterocycles. The summed E-state index contributed by atoms with van der Waals surface area (Å²) in [5, 5.41) is 12.1. The Labute approximate surface area is 171 Å². The van der Waals surface area contributed by atoms with Crippen LogP contribution in [0, 0.1) is 0 Å². The number of aliphatic hydroxyl groups is 1. The SMILES string of the molecule is CCN(CC)CC(C)(O)Cc1ccc(SCc2ccc(Cl)cc2Cl)cc1. The number of hydrogen-bond acceptors (Lipinski definition) is 3. The molecule has 2 aromatic rings. The van der Waals surface area contributed by atoms with Crippen molar-refractivity contribution in [2.75, 3.05) is 19.6 Å².